The molecule has 1 heterocycles. The topological polar surface area (TPSA) is 87.0 Å². The lowest BCUT2D eigenvalue weighted by Gasteiger charge is -2.08. The first-order valence-electron chi connectivity index (χ1n) is 5.66. The van der Waals surface area contributed by atoms with Crippen LogP contribution >= 0.6 is 23.2 Å². The average molecular weight is 316 g/mol. The van der Waals surface area contributed by atoms with Gasteiger partial charge in [-0.25, -0.2) is 0 Å². The number of aromatic nitrogens is 2. The van der Waals surface area contributed by atoms with Gasteiger partial charge in [0, 0.05) is 11.1 Å². The van der Waals surface area contributed by atoms with Gasteiger partial charge >= 0.3 is 0 Å². The minimum atomic E-state index is -0.335. The maximum atomic E-state index is 11.6. The molecule has 1 aromatic carbocycles. The monoisotopic (exact) mass is 315 g/mol. The van der Waals surface area contributed by atoms with Crippen LogP contribution in [-0.4, -0.2) is 22.7 Å². The molecule has 8 heteroatoms. The molecule has 1 aromatic heterocycles. The van der Waals surface area contributed by atoms with Gasteiger partial charge in [-0.2, -0.15) is 0 Å². The first-order valence-corrected chi connectivity index (χ1v) is 6.41. The smallest absolute Gasteiger partial charge is 0.264 e. The maximum absolute atomic E-state index is 11.6. The number of ether oxygens (including phenoxy) is 1. The van der Waals surface area contributed by atoms with Crippen molar-refractivity contribution in [1.29, 1.82) is 0 Å². The Morgan fingerprint density at radius 2 is 2.05 bits per heavy atom. The predicted molar refractivity (Wildman–Crippen MR) is 75.2 cm³/mol. The van der Waals surface area contributed by atoms with Gasteiger partial charge in [-0.1, -0.05) is 23.2 Å². The summed E-state index contributed by atoms with van der Waals surface area (Å²) in [6.07, 6.45) is 0. The Bertz CT molecular complexity index is 666. The number of halogens is 2. The van der Waals surface area contributed by atoms with Crippen molar-refractivity contribution < 1.29 is 9.53 Å². The van der Waals surface area contributed by atoms with Crippen molar-refractivity contribution in [3.05, 3.63) is 50.4 Å². The van der Waals surface area contributed by atoms with Crippen molar-refractivity contribution in [2.45, 2.75) is 6.54 Å². The molecule has 0 atom stereocenters. The molecule has 0 spiro atoms. The fourth-order valence-corrected chi connectivity index (χ4v) is 1.91. The lowest BCUT2D eigenvalue weighted by Crippen LogP contribution is -2.28. The van der Waals surface area contributed by atoms with Crippen molar-refractivity contribution in [3.8, 4) is 5.75 Å². The van der Waals surface area contributed by atoms with Crippen LogP contribution in [0.4, 0.5) is 0 Å². The number of amides is 1. The number of carbonyl (C=O) groups excluding carboxylic acids is 1. The highest BCUT2D eigenvalue weighted by molar-refractivity contribution is 6.35. The van der Waals surface area contributed by atoms with E-state index in [9.17, 15) is 9.59 Å². The molecule has 106 valence electrons. The number of rotatable bonds is 5. The third kappa shape index (κ3) is 4.04. The van der Waals surface area contributed by atoms with E-state index in [-0.39, 0.29) is 24.6 Å². The van der Waals surface area contributed by atoms with Crippen molar-refractivity contribution in [2.24, 2.45) is 0 Å². The van der Waals surface area contributed by atoms with Crippen LogP contribution in [0.5, 0.6) is 5.75 Å². The van der Waals surface area contributed by atoms with E-state index in [0.717, 1.165) is 0 Å². The molecule has 0 aliphatic carbocycles. The van der Waals surface area contributed by atoms with Gasteiger partial charge in [0.2, 0.25) is 0 Å². The second-order valence-electron chi connectivity index (χ2n) is 3.92. The molecule has 0 saturated carbocycles. The van der Waals surface area contributed by atoms with Crippen LogP contribution in [0.25, 0.3) is 0 Å². The van der Waals surface area contributed by atoms with Gasteiger partial charge < -0.3 is 15.2 Å². The Kier molecular flexibility index (Phi) is 4.70. The summed E-state index contributed by atoms with van der Waals surface area (Å²) < 4.78 is 5.26. The van der Waals surface area contributed by atoms with E-state index in [0.29, 0.717) is 21.5 Å². The molecule has 3 N–H and O–H groups in total. The molecular weight excluding hydrogens is 305 g/mol. The van der Waals surface area contributed by atoms with Crippen molar-refractivity contribution in [2.75, 3.05) is 6.61 Å². The number of carbonyl (C=O) groups is 1. The lowest BCUT2D eigenvalue weighted by molar-refractivity contribution is -0.123. The zero-order valence-electron chi connectivity index (χ0n) is 10.2. The Hall–Kier alpha value is -1.92. The lowest BCUT2D eigenvalue weighted by atomic mass is 10.3. The molecule has 0 fully saturated rings. The van der Waals surface area contributed by atoms with Crippen LogP contribution in [0.15, 0.2) is 29.1 Å². The molecule has 0 radical (unpaired) electrons. The van der Waals surface area contributed by atoms with Gasteiger partial charge in [0.15, 0.2) is 6.61 Å². The number of hydrogen-bond acceptors (Lipinski definition) is 3. The van der Waals surface area contributed by atoms with E-state index in [1.54, 1.807) is 12.1 Å². The van der Waals surface area contributed by atoms with E-state index >= 15 is 0 Å². The molecule has 1 amide bonds. The molecule has 0 aliphatic heterocycles. The van der Waals surface area contributed by atoms with E-state index in [1.165, 1.54) is 12.1 Å². The first-order chi connectivity index (χ1) is 9.54. The van der Waals surface area contributed by atoms with Gasteiger partial charge in [-0.05, 0) is 18.2 Å². The average Bonchev–Trinajstić information content (AvgIpc) is 2.81. The highest BCUT2D eigenvalue weighted by atomic mass is 35.5. The zero-order valence-corrected chi connectivity index (χ0v) is 11.7. The molecule has 0 aliphatic rings. The van der Waals surface area contributed by atoms with Gasteiger partial charge in [-0.15, -0.1) is 0 Å². The van der Waals surface area contributed by atoms with Gasteiger partial charge in [0.05, 0.1) is 17.3 Å². The summed E-state index contributed by atoms with van der Waals surface area (Å²) in [6, 6.07) is 6.09. The summed E-state index contributed by atoms with van der Waals surface area (Å²) in [7, 11) is 0. The molecule has 6 nitrogen and oxygen atoms in total. The molecule has 20 heavy (non-hydrogen) atoms. The third-order valence-corrected chi connectivity index (χ3v) is 2.91. The van der Waals surface area contributed by atoms with Crippen LogP contribution in [0.2, 0.25) is 10.0 Å². The Balaban J connectivity index is 1.81. The highest BCUT2D eigenvalue weighted by Gasteiger charge is 2.07. The summed E-state index contributed by atoms with van der Waals surface area (Å²) in [6.45, 7) is 0.0191. The molecule has 0 bridgehead atoms. The SMILES string of the molecule is O=C(COc1ccc(Cl)cc1Cl)NCc1cc(=O)[nH][nH]1. The zero-order chi connectivity index (χ0) is 14.5. The number of hydrogen-bond donors (Lipinski definition) is 3. The van der Waals surface area contributed by atoms with Crippen LogP contribution in [0, 0.1) is 0 Å². The Morgan fingerprint density at radius 1 is 1.25 bits per heavy atom. The number of aromatic amines is 2. The molecular formula is C12H11Cl2N3O3. The maximum Gasteiger partial charge on any atom is 0.264 e. The van der Waals surface area contributed by atoms with Crippen LogP contribution in [-0.2, 0) is 11.3 Å². The Morgan fingerprint density at radius 3 is 2.70 bits per heavy atom. The molecule has 0 saturated heterocycles. The summed E-state index contributed by atoms with van der Waals surface area (Å²) in [4.78, 5) is 22.4. The minimum Gasteiger partial charge on any atom is -0.482 e. The number of H-pyrrole nitrogens is 2. The summed E-state index contributed by atoms with van der Waals surface area (Å²) >= 11 is 11.7. The second kappa shape index (κ2) is 6.49. The Labute approximate surface area is 124 Å². The normalized spacial score (nSPS) is 10.3. The second-order valence-corrected chi connectivity index (χ2v) is 4.77. The largest absolute Gasteiger partial charge is 0.482 e. The van der Waals surface area contributed by atoms with Gasteiger partial charge in [0.25, 0.3) is 11.5 Å². The van der Waals surface area contributed by atoms with Crippen LogP contribution in [0.3, 0.4) is 0 Å². The number of nitrogens with one attached hydrogen (secondary N) is 3. The summed E-state index contributed by atoms with van der Waals surface area (Å²) in [5.74, 6) is 0.0410. The predicted octanol–water partition coefficient (Wildman–Crippen LogP) is 1.70. The van der Waals surface area contributed by atoms with Crippen molar-refractivity contribution >= 4 is 29.1 Å². The van der Waals surface area contributed by atoms with E-state index in [4.69, 9.17) is 27.9 Å². The summed E-state index contributed by atoms with van der Waals surface area (Å²) in [5, 5.41) is 8.40. The van der Waals surface area contributed by atoms with Crippen molar-refractivity contribution in [3.63, 3.8) is 0 Å². The minimum absolute atomic E-state index is 0.185. The van der Waals surface area contributed by atoms with E-state index in [2.05, 4.69) is 15.5 Å². The molecule has 0 unspecified atom stereocenters. The fourth-order valence-electron chi connectivity index (χ4n) is 1.45. The third-order valence-electron chi connectivity index (χ3n) is 2.38. The fraction of sp³-hybridized carbons (Fsp3) is 0.167. The number of benzene rings is 1. The standard InChI is InChI=1S/C12H11Cl2N3O3/c13-7-1-2-10(9(14)3-7)20-6-12(19)15-5-8-4-11(18)17-16-8/h1-4H,5-6H2,(H,15,19)(H2,16,17,18). The van der Waals surface area contributed by atoms with Crippen LogP contribution < -0.4 is 15.6 Å². The first kappa shape index (κ1) is 14.5. The van der Waals surface area contributed by atoms with Crippen LogP contribution in [0.1, 0.15) is 5.69 Å². The van der Waals surface area contributed by atoms with Gasteiger partial charge in [-0.3, -0.25) is 14.7 Å². The summed E-state index contributed by atoms with van der Waals surface area (Å²) in [5.41, 5.74) is 0.325. The quantitative estimate of drug-likeness (QED) is 0.785. The van der Waals surface area contributed by atoms with E-state index in [1.807, 2.05) is 0 Å². The van der Waals surface area contributed by atoms with Gasteiger partial charge in [0.1, 0.15) is 5.75 Å². The highest BCUT2D eigenvalue weighted by Crippen LogP contribution is 2.27. The molecule has 2 aromatic rings. The van der Waals surface area contributed by atoms with Crippen molar-refractivity contribution in [1.82, 2.24) is 15.5 Å². The van der Waals surface area contributed by atoms with E-state index < -0.39 is 0 Å². The molecule has 2 rings (SSSR count).